The minimum atomic E-state index is -2.57. The van der Waals surface area contributed by atoms with Crippen molar-refractivity contribution < 1.29 is 19.8 Å². The van der Waals surface area contributed by atoms with Gasteiger partial charge < -0.3 is 8.83 Å². The first-order valence-corrected chi connectivity index (χ1v) is 12.5. The second kappa shape index (κ2) is 7.44. The number of benzene rings is 3. The molecule has 0 fully saturated rings. The van der Waals surface area contributed by atoms with Crippen LogP contribution in [-0.4, -0.2) is 4.98 Å². The smallest absolute Gasteiger partial charge is 0.154 e. The molecule has 0 aliphatic rings. The van der Waals surface area contributed by atoms with Gasteiger partial charge >= 0.3 is 0 Å². The summed E-state index contributed by atoms with van der Waals surface area (Å²) in [6.07, 6.45) is -0.773. The minimum Gasteiger partial charge on any atom is -0.455 e. The van der Waals surface area contributed by atoms with Crippen LogP contribution in [0.15, 0.2) is 69.6 Å². The average molecular weight is 498 g/mol. The van der Waals surface area contributed by atoms with Crippen LogP contribution in [0.2, 0.25) is 0 Å². The number of aryl methyl sites for hydroxylation is 2. The van der Waals surface area contributed by atoms with Crippen LogP contribution in [0, 0.1) is 19.1 Å². The van der Waals surface area contributed by atoms with Crippen LogP contribution in [-0.2, 0) is 6.37 Å². The Labute approximate surface area is 224 Å². The molecule has 0 bridgehead atoms. The second-order valence-corrected chi connectivity index (χ2v) is 11.2. The van der Waals surface area contributed by atoms with Gasteiger partial charge in [0.05, 0.1) is 15.8 Å². The maximum atomic E-state index is 8.93. The molecule has 7 aromatic rings. The Bertz CT molecular complexity index is 2280. The molecule has 4 heterocycles. The summed E-state index contributed by atoms with van der Waals surface area (Å²) in [5.41, 5.74) is 1.71. The zero-order chi connectivity index (χ0) is 31.6. The van der Waals surface area contributed by atoms with Crippen LogP contribution in [0.25, 0.3) is 64.5 Å². The highest BCUT2D eigenvalue weighted by atomic mass is 32.1. The molecule has 0 aliphatic carbocycles. The van der Waals surface area contributed by atoms with Crippen molar-refractivity contribution in [3.8, 4) is 11.3 Å². The molecule has 36 heavy (non-hydrogen) atoms. The maximum Gasteiger partial charge on any atom is 0.154 e. The van der Waals surface area contributed by atoms with Gasteiger partial charge in [-0.05, 0) is 72.5 Å². The molecule has 4 aromatic heterocycles. The van der Waals surface area contributed by atoms with Gasteiger partial charge in [0.1, 0.15) is 16.7 Å². The first kappa shape index (κ1) is 14.8. The summed E-state index contributed by atoms with van der Waals surface area (Å²) >= 11 is 1.51. The lowest BCUT2D eigenvalue weighted by molar-refractivity contribution is 0.410. The molecule has 0 spiro atoms. The summed E-state index contributed by atoms with van der Waals surface area (Å²) < 4.78 is 81.7. The predicted molar refractivity (Wildman–Crippen MR) is 152 cm³/mol. The molecule has 0 saturated carbocycles. The van der Waals surface area contributed by atoms with Crippen molar-refractivity contribution in [3.05, 3.63) is 77.5 Å². The Hall–Kier alpha value is -3.63. The Balaban J connectivity index is 1.57. The molecular formula is C32H27NO2S. The van der Waals surface area contributed by atoms with E-state index in [0.717, 1.165) is 14.8 Å². The molecular weight excluding hydrogens is 462 g/mol. The quantitative estimate of drug-likeness (QED) is 0.238. The van der Waals surface area contributed by atoms with E-state index in [1.165, 1.54) is 23.6 Å². The molecule has 0 radical (unpaired) electrons. The average Bonchev–Trinajstić information content (AvgIpc) is 3.60. The standard InChI is InChI=1S/C32H27NO2S/c1-17-13-23-20-10-8-11-21(24-14-19(15-32(3,4)5)18(2)16-33-24)28(20)35-29(23)26-27(17)34-30-22-9-6-7-12-25(22)36-31(26)30/h6-14,16H,15H2,1-5H3/i1D3,2D3,15D2. The molecule has 0 saturated heterocycles. The van der Waals surface area contributed by atoms with Crippen LogP contribution >= 0.6 is 11.3 Å². The van der Waals surface area contributed by atoms with Gasteiger partial charge in [0.25, 0.3) is 0 Å². The van der Waals surface area contributed by atoms with Crippen LogP contribution in [0.4, 0.5) is 0 Å². The van der Waals surface area contributed by atoms with Crippen molar-refractivity contribution in [2.24, 2.45) is 5.41 Å². The SMILES string of the molecule is [2H]C([2H])([2H])c1cnc(-c2cccc3c2oc2c3cc(C([2H])([2H])[2H])c3oc4c5ccccc5sc4c32)cc1C([2H])([2H])C(C)(C)C. The van der Waals surface area contributed by atoms with Crippen molar-refractivity contribution in [1.29, 1.82) is 0 Å². The van der Waals surface area contributed by atoms with Gasteiger partial charge in [-0.15, -0.1) is 11.3 Å². The molecule has 7 rings (SSSR count). The van der Waals surface area contributed by atoms with E-state index in [1.807, 2.05) is 30.3 Å². The van der Waals surface area contributed by atoms with Crippen molar-refractivity contribution in [3.63, 3.8) is 0 Å². The lowest BCUT2D eigenvalue weighted by atomic mass is 9.86. The Kier molecular flexibility index (Phi) is 3.06. The lowest BCUT2D eigenvalue weighted by Crippen LogP contribution is -2.10. The van der Waals surface area contributed by atoms with Gasteiger partial charge in [-0.1, -0.05) is 45.0 Å². The first-order valence-electron chi connectivity index (χ1n) is 15.7. The zero-order valence-corrected chi connectivity index (χ0v) is 20.8. The van der Waals surface area contributed by atoms with E-state index in [-0.39, 0.29) is 22.3 Å². The van der Waals surface area contributed by atoms with Crippen LogP contribution in [0.3, 0.4) is 0 Å². The molecule has 3 nitrogen and oxygen atoms in total. The number of nitrogens with zero attached hydrogens (tertiary/aromatic N) is 1. The minimum absolute atomic E-state index is 0.0389. The fraction of sp³-hybridized carbons (Fsp3) is 0.219. The first-order chi connectivity index (χ1) is 20.5. The van der Waals surface area contributed by atoms with Gasteiger partial charge in [0, 0.05) is 43.6 Å². The van der Waals surface area contributed by atoms with Gasteiger partial charge in [-0.25, -0.2) is 0 Å². The van der Waals surface area contributed by atoms with E-state index in [0.29, 0.717) is 44.2 Å². The fourth-order valence-electron chi connectivity index (χ4n) is 4.93. The molecule has 0 atom stereocenters. The van der Waals surface area contributed by atoms with Gasteiger partial charge in [0.2, 0.25) is 0 Å². The number of thiophene rings is 1. The Morgan fingerprint density at radius 1 is 0.861 bits per heavy atom. The van der Waals surface area contributed by atoms with E-state index >= 15 is 0 Å². The molecule has 3 aromatic carbocycles. The van der Waals surface area contributed by atoms with Crippen molar-refractivity contribution >= 4 is 64.6 Å². The normalized spacial score (nSPS) is 17.1. The lowest BCUT2D eigenvalue weighted by Gasteiger charge is -2.20. The monoisotopic (exact) mass is 497 g/mol. The third kappa shape index (κ3) is 3.14. The Morgan fingerprint density at radius 2 is 1.67 bits per heavy atom. The largest absolute Gasteiger partial charge is 0.455 e. The fourth-order valence-corrected chi connectivity index (χ4v) is 6.10. The second-order valence-electron chi connectivity index (χ2n) is 10.1. The topological polar surface area (TPSA) is 39.2 Å². The summed E-state index contributed by atoms with van der Waals surface area (Å²) in [5.74, 6) is 0. The van der Waals surface area contributed by atoms with Crippen LogP contribution < -0.4 is 0 Å². The zero-order valence-electron chi connectivity index (χ0n) is 27.9. The molecule has 0 unspecified atom stereocenters. The van der Waals surface area contributed by atoms with Gasteiger partial charge in [-0.3, -0.25) is 4.98 Å². The van der Waals surface area contributed by atoms with Gasteiger partial charge in [0.15, 0.2) is 5.58 Å². The van der Waals surface area contributed by atoms with E-state index < -0.39 is 25.5 Å². The molecule has 0 aliphatic heterocycles. The van der Waals surface area contributed by atoms with E-state index in [1.54, 1.807) is 39.0 Å². The number of fused-ring (bicyclic) bond motifs is 9. The summed E-state index contributed by atoms with van der Waals surface area (Å²) in [6.45, 7) is 0.153. The molecule has 0 amide bonds. The summed E-state index contributed by atoms with van der Waals surface area (Å²) in [5, 5.41) is 2.74. The molecule has 0 N–H and O–H groups in total. The van der Waals surface area contributed by atoms with E-state index in [4.69, 9.17) is 19.8 Å². The number of hydrogen-bond donors (Lipinski definition) is 0. The Morgan fingerprint density at radius 3 is 2.50 bits per heavy atom. The third-order valence-corrected chi connectivity index (χ3v) is 7.58. The molecule has 178 valence electrons. The van der Waals surface area contributed by atoms with Crippen LogP contribution in [0.5, 0.6) is 0 Å². The predicted octanol–water partition coefficient (Wildman–Crippen LogP) is 9.97. The summed E-state index contributed by atoms with van der Waals surface area (Å²) in [4.78, 5) is 4.49. The van der Waals surface area contributed by atoms with E-state index in [9.17, 15) is 0 Å². The van der Waals surface area contributed by atoms with E-state index in [2.05, 4.69) is 4.98 Å². The highest BCUT2D eigenvalue weighted by Crippen LogP contribution is 2.47. The number of para-hydroxylation sites is 1. The van der Waals surface area contributed by atoms with Crippen molar-refractivity contribution in [2.75, 3.05) is 0 Å². The highest BCUT2D eigenvalue weighted by Gasteiger charge is 2.23. The maximum absolute atomic E-state index is 8.93. The van der Waals surface area contributed by atoms with Crippen LogP contribution in [0.1, 0.15) is 48.4 Å². The number of pyridine rings is 1. The molecule has 4 heteroatoms. The van der Waals surface area contributed by atoms with Crippen molar-refractivity contribution in [2.45, 2.75) is 40.8 Å². The highest BCUT2D eigenvalue weighted by molar-refractivity contribution is 7.26. The summed E-state index contributed by atoms with van der Waals surface area (Å²) in [7, 11) is 0. The number of aromatic nitrogens is 1. The number of furan rings is 2. The van der Waals surface area contributed by atoms with Gasteiger partial charge in [-0.2, -0.15) is 0 Å². The summed E-state index contributed by atoms with van der Waals surface area (Å²) in [6, 6.07) is 16.3. The van der Waals surface area contributed by atoms with Crippen molar-refractivity contribution in [1.82, 2.24) is 4.98 Å². The third-order valence-electron chi connectivity index (χ3n) is 6.41. The number of hydrogen-bond acceptors (Lipinski definition) is 4. The number of rotatable bonds is 2.